The number of nitriles is 1. The van der Waals surface area contributed by atoms with Crippen LogP contribution in [-0.2, 0) is 11.4 Å². The average molecular weight is 449 g/mol. The molecule has 1 N–H and O–H groups in total. The third-order valence-corrected chi connectivity index (χ3v) is 5.27. The van der Waals surface area contributed by atoms with E-state index in [1.807, 2.05) is 61.5 Å². The minimum absolute atomic E-state index is 0.0184. The molecule has 0 aliphatic rings. The molecule has 0 aliphatic heterocycles. The number of amides is 1. The number of hydrogen-bond acceptors (Lipinski definition) is 4. The summed E-state index contributed by atoms with van der Waals surface area (Å²) in [5.41, 5.74) is 2.27. The zero-order valence-electron chi connectivity index (χ0n) is 18.8. The van der Waals surface area contributed by atoms with Gasteiger partial charge in [-0.25, -0.2) is 0 Å². The van der Waals surface area contributed by atoms with E-state index in [1.165, 1.54) is 0 Å². The molecule has 168 valence electrons. The molecule has 0 unspecified atom stereocenters. The highest BCUT2D eigenvalue weighted by molar-refractivity contribution is 6.09. The number of rotatable bonds is 8. The van der Waals surface area contributed by atoms with Crippen molar-refractivity contribution >= 4 is 28.4 Å². The van der Waals surface area contributed by atoms with E-state index in [0.717, 1.165) is 16.3 Å². The molecule has 0 aromatic heterocycles. The highest BCUT2D eigenvalue weighted by Crippen LogP contribution is 2.25. The van der Waals surface area contributed by atoms with Gasteiger partial charge in [0.2, 0.25) is 0 Å². The summed E-state index contributed by atoms with van der Waals surface area (Å²) in [5, 5.41) is 14.7. The maximum absolute atomic E-state index is 12.7. The summed E-state index contributed by atoms with van der Waals surface area (Å²) in [6.45, 7) is 2.84. The van der Waals surface area contributed by atoms with Crippen molar-refractivity contribution in [1.82, 2.24) is 0 Å². The van der Waals surface area contributed by atoms with E-state index < -0.39 is 5.91 Å². The lowest BCUT2D eigenvalue weighted by molar-refractivity contribution is -0.112. The number of para-hydroxylation sites is 1. The monoisotopic (exact) mass is 448 g/mol. The first-order chi connectivity index (χ1) is 16.7. The molecule has 0 radical (unpaired) electrons. The minimum atomic E-state index is -0.490. The Balaban J connectivity index is 1.51. The molecule has 0 fully saturated rings. The normalized spacial score (nSPS) is 11.0. The van der Waals surface area contributed by atoms with Crippen LogP contribution in [0, 0.1) is 11.3 Å². The van der Waals surface area contributed by atoms with Crippen LogP contribution in [0.5, 0.6) is 11.5 Å². The fourth-order valence-electron chi connectivity index (χ4n) is 3.61. The predicted octanol–water partition coefficient (Wildman–Crippen LogP) is 6.36. The molecule has 4 rings (SSSR count). The van der Waals surface area contributed by atoms with E-state index in [2.05, 4.69) is 23.5 Å². The minimum Gasteiger partial charge on any atom is -0.494 e. The van der Waals surface area contributed by atoms with Crippen molar-refractivity contribution < 1.29 is 14.3 Å². The van der Waals surface area contributed by atoms with Crippen molar-refractivity contribution in [2.24, 2.45) is 0 Å². The predicted molar refractivity (Wildman–Crippen MR) is 135 cm³/mol. The van der Waals surface area contributed by atoms with Crippen LogP contribution in [-0.4, -0.2) is 12.5 Å². The van der Waals surface area contributed by atoms with Gasteiger partial charge in [0.05, 0.1) is 6.61 Å². The Bertz CT molecular complexity index is 1360. The number of ether oxygens (including phenoxy) is 2. The van der Waals surface area contributed by atoms with Crippen LogP contribution in [0.1, 0.15) is 18.1 Å². The molecule has 0 heterocycles. The molecule has 0 bridgehead atoms. The highest BCUT2D eigenvalue weighted by atomic mass is 16.5. The highest BCUT2D eigenvalue weighted by Gasteiger charge is 2.12. The van der Waals surface area contributed by atoms with Crippen LogP contribution < -0.4 is 14.8 Å². The zero-order valence-corrected chi connectivity index (χ0v) is 18.8. The van der Waals surface area contributed by atoms with Crippen LogP contribution in [0.3, 0.4) is 0 Å². The lowest BCUT2D eigenvalue weighted by Crippen LogP contribution is -2.13. The van der Waals surface area contributed by atoms with Gasteiger partial charge in [-0.3, -0.25) is 4.79 Å². The Morgan fingerprint density at radius 1 is 0.912 bits per heavy atom. The van der Waals surface area contributed by atoms with Crippen LogP contribution in [0.4, 0.5) is 5.69 Å². The fourth-order valence-corrected chi connectivity index (χ4v) is 3.61. The molecule has 5 nitrogen and oxygen atoms in total. The number of benzene rings is 4. The molecule has 0 spiro atoms. The molecule has 0 saturated heterocycles. The molecule has 1 amide bonds. The van der Waals surface area contributed by atoms with Crippen LogP contribution in [0.25, 0.3) is 16.8 Å². The molecule has 0 atom stereocenters. The van der Waals surface area contributed by atoms with Gasteiger partial charge in [0, 0.05) is 11.3 Å². The van der Waals surface area contributed by atoms with Gasteiger partial charge in [0.1, 0.15) is 29.7 Å². The first kappa shape index (κ1) is 22.6. The summed E-state index contributed by atoms with van der Waals surface area (Å²) >= 11 is 0. The van der Waals surface area contributed by atoms with Gasteiger partial charge in [0.15, 0.2) is 0 Å². The number of carbonyl (C=O) groups is 1. The number of hydrogen-bond donors (Lipinski definition) is 1. The first-order valence-corrected chi connectivity index (χ1v) is 11.0. The number of anilines is 1. The average Bonchev–Trinajstić information content (AvgIpc) is 2.87. The molecule has 0 saturated carbocycles. The smallest absolute Gasteiger partial charge is 0.266 e. The first-order valence-electron chi connectivity index (χ1n) is 11.0. The second-order valence-electron chi connectivity index (χ2n) is 7.55. The zero-order chi connectivity index (χ0) is 23.8. The Hall–Kier alpha value is -4.56. The van der Waals surface area contributed by atoms with Crippen molar-refractivity contribution in [3.63, 3.8) is 0 Å². The molecule has 4 aromatic carbocycles. The molecular formula is C29H24N2O3. The van der Waals surface area contributed by atoms with Gasteiger partial charge in [-0.05, 0) is 59.7 Å². The van der Waals surface area contributed by atoms with Crippen molar-refractivity contribution in [1.29, 1.82) is 5.26 Å². The molecular weight excluding hydrogens is 424 g/mol. The van der Waals surface area contributed by atoms with E-state index in [9.17, 15) is 10.1 Å². The van der Waals surface area contributed by atoms with Gasteiger partial charge in [-0.1, -0.05) is 60.7 Å². The fraction of sp³-hybridized carbons (Fsp3) is 0.103. The topological polar surface area (TPSA) is 71.3 Å². The summed E-state index contributed by atoms with van der Waals surface area (Å²) in [6, 6.07) is 30.6. The maximum Gasteiger partial charge on any atom is 0.266 e. The third kappa shape index (κ3) is 5.43. The molecule has 0 aliphatic carbocycles. The van der Waals surface area contributed by atoms with Gasteiger partial charge >= 0.3 is 0 Å². The molecule has 34 heavy (non-hydrogen) atoms. The Kier molecular flexibility index (Phi) is 7.22. The lowest BCUT2D eigenvalue weighted by atomic mass is 10.1. The largest absolute Gasteiger partial charge is 0.494 e. The summed E-state index contributed by atoms with van der Waals surface area (Å²) in [4.78, 5) is 12.7. The standard InChI is InChI=1S/C29H24N2O3/c1-2-33-26-16-14-25(15-17-26)31-29(32)24(19-30)18-22-9-4-6-13-28(22)34-20-23-11-7-10-21-8-3-5-12-27(21)23/h3-18H,2,20H2,1H3,(H,31,32)/b24-18+. The maximum atomic E-state index is 12.7. The third-order valence-electron chi connectivity index (χ3n) is 5.27. The van der Waals surface area contributed by atoms with Crippen LogP contribution in [0.2, 0.25) is 0 Å². The van der Waals surface area contributed by atoms with E-state index in [0.29, 0.717) is 36.0 Å². The van der Waals surface area contributed by atoms with E-state index in [1.54, 1.807) is 30.3 Å². The van der Waals surface area contributed by atoms with Crippen molar-refractivity contribution in [2.45, 2.75) is 13.5 Å². The van der Waals surface area contributed by atoms with Gasteiger partial charge in [-0.15, -0.1) is 0 Å². The van der Waals surface area contributed by atoms with Crippen LogP contribution in [0.15, 0.2) is 96.6 Å². The van der Waals surface area contributed by atoms with Crippen molar-refractivity contribution in [2.75, 3.05) is 11.9 Å². The van der Waals surface area contributed by atoms with E-state index in [4.69, 9.17) is 9.47 Å². The molecule has 4 aromatic rings. The van der Waals surface area contributed by atoms with Crippen molar-refractivity contribution in [3.05, 3.63) is 108 Å². The van der Waals surface area contributed by atoms with Gasteiger partial charge < -0.3 is 14.8 Å². The van der Waals surface area contributed by atoms with E-state index in [-0.39, 0.29) is 5.57 Å². The van der Waals surface area contributed by atoms with Gasteiger partial charge in [0.25, 0.3) is 5.91 Å². The van der Waals surface area contributed by atoms with Gasteiger partial charge in [-0.2, -0.15) is 5.26 Å². The number of nitrogens with zero attached hydrogens (tertiary/aromatic N) is 1. The lowest BCUT2D eigenvalue weighted by Gasteiger charge is -2.12. The number of carbonyl (C=O) groups excluding carboxylic acids is 1. The quantitative estimate of drug-likeness (QED) is 0.251. The Morgan fingerprint density at radius 2 is 1.65 bits per heavy atom. The second kappa shape index (κ2) is 10.8. The molecule has 5 heteroatoms. The summed E-state index contributed by atoms with van der Waals surface area (Å²) in [6.07, 6.45) is 1.54. The van der Waals surface area contributed by atoms with Crippen LogP contribution >= 0.6 is 0 Å². The van der Waals surface area contributed by atoms with Crippen molar-refractivity contribution in [3.8, 4) is 17.6 Å². The Morgan fingerprint density at radius 3 is 2.44 bits per heavy atom. The van der Waals surface area contributed by atoms with E-state index >= 15 is 0 Å². The summed E-state index contributed by atoms with van der Waals surface area (Å²) in [7, 11) is 0. The summed E-state index contributed by atoms with van der Waals surface area (Å²) < 4.78 is 11.5. The number of nitrogens with one attached hydrogen (secondary N) is 1. The number of fused-ring (bicyclic) bond motifs is 1. The SMILES string of the molecule is CCOc1ccc(NC(=O)/C(C#N)=C/c2ccccc2OCc2cccc3ccccc23)cc1. The Labute approximate surface area is 198 Å². The second-order valence-corrected chi connectivity index (χ2v) is 7.55. The summed E-state index contributed by atoms with van der Waals surface area (Å²) in [5.74, 6) is 0.821.